The quantitative estimate of drug-likeness (QED) is 0.616. The van der Waals surface area contributed by atoms with E-state index in [-0.39, 0.29) is 10.8 Å². The maximum atomic E-state index is 12.6. The summed E-state index contributed by atoms with van der Waals surface area (Å²) in [6, 6.07) is 18.0. The molecular formula is C21H19ClN2O3S. The zero-order chi connectivity index (χ0) is 20.3. The van der Waals surface area contributed by atoms with Crippen molar-refractivity contribution in [1.29, 1.82) is 0 Å². The number of benzene rings is 3. The molecule has 0 saturated carbocycles. The zero-order valence-electron chi connectivity index (χ0n) is 15.4. The number of halogens is 1. The third-order valence-electron chi connectivity index (χ3n) is 4.14. The Kier molecular flexibility index (Phi) is 5.72. The first kappa shape index (κ1) is 19.9. The Morgan fingerprint density at radius 1 is 0.929 bits per heavy atom. The van der Waals surface area contributed by atoms with Gasteiger partial charge >= 0.3 is 0 Å². The molecule has 144 valence electrons. The molecule has 0 saturated heterocycles. The highest BCUT2D eigenvalue weighted by Crippen LogP contribution is 2.22. The lowest BCUT2D eigenvalue weighted by Gasteiger charge is -2.11. The molecule has 0 heterocycles. The summed E-state index contributed by atoms with van der Waals surface area (Å²) >= 11 is 5.93. The SMILES string of the molecule is Cc1ccc(S(=O)(=O)Nc2cccc(C(=O)Nc3ccc(Cl)cc3C)c2)cc1. The number of aryl methyl sites for hydroxylation is 2. The number of nitrogens with one attached hydrogen (secondary N) is 2. The molecule has 0 atom stereocenters. The van der Waals surface area contributed by atoms with Crippen LogP contribution in [0, 0.1) is 13.8 Å². The van der Waals surface area contributed by atoms with Gasteiger partial charge in [-0.25, -0.2) is 8.42 Å². The van der Waals surface area contributed by atoms with Gasteiger partial charge in [0.15, 0.2) is 0 Å². The van der Waals surface area contributed by atoms with Gasteiger partial charge in [-0.05, 0) is 67.9 Å². The molecule has 0 aliphatic heterocycles. The zero-order valence-corrected chi connectivity index (χ0v) is 16.9. The third-order valence-corrected chi connectivity index (χ3v) is 5.78. The molecule has 0 bridgehead atoms. The number of anilines is 2. The van der Waals surface area contributed by atoms with Gasteiger partial charge in [0.25, 0.3) is 15.9 Å². The van der Waals surface area contributed by atoms with Gasteiger partial charge in [-0.3, -0.25) is 9.52 Å². The fourth-order valence-electron chi connectivity index (χ4n) is 2.62. The van der Waals surface area contributed by atoms with E-state index < -0.39 is 10.0 Å². The molecule has 3 aromatic rings. The Morgan fingerprint density at radius 3 is 2.32 bits per heavy atom. The summed E-state index contributed by atoms with van der Waals surface area (Å²) in [5.74, 6) is -0.346. The predicted molar refractivity (Wildman–Crippen MR) is 113 cm³/mol. The number of carbonyl (C=O) groups is 1. The largest absolute Gasteiger partial charge is 0.322 e. The van der Waals surface area contributed by atoms with Crippen molar-refractivity contribution in [2.75, 3.05) is 10.0 Å². The summed E-state index contributed by atoms with van der Waals surface area (Å²) in [7, 11) is -3.74. The average molecular weight is 415 g/mol. The smallest absolute Gasteiger partial charge is 0.261 e. The van der Waals surface area contributed by atoms with Gasteiger partial charge in [0, 0.05) is 22.0 Å². The maximum absolute atomic E-state index is 12.6. The second-order valence-corrected chi connectivity index (χ2v) is 8.53. The van der Waals surface area contributed by atoms with Crippen molar-refractivity contribution in [3.63, 3.8) is 0 Å². The Hall–Kier alpha value is -2.83. The second-order valence-electron chi connectivity index (χ2n) is 6.41. The van der Waals surface area contributed by atoms with Crippen LogP contribution >= 0.6 is 11.6 Å². The Bertz CT molecular complexity index is 1130. The summed E-state index contributed by atoms with van der Waals surface area (Å²) < 4.78 is 27.6. The minimum absolute atomic E-state index is 0.157. The van der Waals surface area contributed by atoms with E-state index in [9.17, 15) is 13.2 Å². The normalized spacial score (nSPS) is 11.1. The van der Waals surface area contributed by atoms with Gasteiger partial charge in [0.05, 0.1) is 4.90 Å². The van der Waals surface area contributed by atoms with E-state index in [1.54, 1.807) is 48.5 Å². The minimum atomic E-state index is -3.74. The predicted octanol–water partition coefficient (Wildman–Crippen LogP) is 5.01. The molecule has 3 aromatic carbocycles. The highest BCUT2D eigenvalue weighted by Gasteiger charge is 2.15. The van der Waals surface area contributed by atoms with Gasteiger partial charge in [0.1, 0.15) is 0 Å². The van der Waals surface area contributed by atoms with Crippen LogP contribution in [0.25, 0.3) is 0 Å². The molecule has 5 nitrogen and oxygen atoms in total. The molecule has 0 spiro atoms. The van der Waals surface area contributed by atoms with E-state index in [4.69, 9.17) is 11.6 Å². The average Bonchev–Trinajstić information content (AvgIpc) is 2.64. The van der Waals surface area contributed by atoms with Gasteiger partial charge in [-0.15, -0.1) is 0 Å². The molecule has 0 fully saturated rings. The highest BCUT2D eigenvalue weighted by atomic mass is 35.5. The fraction of sp³-hybridized carbons (Fsp3) is 0.0952. The Labute approximate surface area is 169 Å². The van der Waals surface area contributed by atoms with Crippen molar-refractivity contribution >= 4 is 38.9 Å². The first-order chi connectivity index (χ1) is 13.2. The maximum Gasteiger partial charge on any atom is 0.261 e. The van der Waals surface area contributed by atoms with Crippen LogP contribution < -0.4 is 10.0 Å². The number of hydrogen-bond acceptors (Lipinski definition) is 3. The lowest BCUT2D eigenvalue weighted by Crippen LogP contribution is -2.15. The number of carbonyl (C=O) groups excluding carboxylic acids is 1. The van der Waals surface area contributed by atoms with E-state index >= 15 is 0 Å². The molecule has 0 aliphatic rings. The van der Waals surface area contributed by atoms with Crippen LogP contribution in [0.1, 0.15) is 21.5 Å². The number of hydrogen-bond donors (Lipinski definition) is 2. The van der Waals surface area contributed by atoms with Crippen molar-refractivity contribution in [3.05, 3.63) is 88.4 Å². The summed E-state index contributed by atoms with van der Waals surface area (Å²) in [6.07, 6.45) is 0. The molecule has 0 aliphatic carbocycles. The van der Waals surface area contributed by atoms with Crippen LogP contribution in [0.5, 0.6) is 0 Å². The van der Waals surface area contributed by atoms with Crippen LogP contribution in [-0.4, -0.2) is 14.3 Å². The molecule has 0 unspecified atom stereocenters. The van der Waals surface area contributed by atoms with Crippen molar-refractivity contribution in [1.82, 2.24) is 0 Å². The Morgan fingerprint density at radius 2 is 1.64 bits per heavy atom. The second kappa shape index (κ2) is 8.04. The van der Waals surface area contributed by atoms with Crippen molar-refractivity contribution in [2.24, 2.45) is 0 Å². The van der Waals surface area contributed by atoms with E-state index in [1.807, 2.05) is 13.8 Å². The highest BCUT2D eigenvalue weighted by molar-refractivity contribution is 7.92. The number of rotatable bonds is 5. The van der Waals surface area contributed by atoms with Crippen LogP contribution in [-0.2, 0) is 10.0 Å². The van der Waals surface area contributed by atoms with Crippen molar-refractivity contribution in [2.45, 2.75) is 18.7 Å². The summed E-state index contributed by atoms with van der Waals surface area (Å²) in [6.45, 7) is 3.72. The lowest BCUT2D eigenvalue weighted by atomic mass is 10.1. The van der Waals surface area contributed by atoms with E-state index in [1.165, 1.54) is 18.2 Å². The van der Waals surface area contributed by atoms with E-state index in [0.29, 0.717) is 22.0 Å². The standard InChI is InChI=1S/C21H19ClN2O3S/c1-14-6-9-19(10-7-14)28(26,27)24-18-5-3-4-16(13-18)21(25)23-20-11-8-17(22)12-15(20)2/h3-13,24H,1-2H3,(H,23,25). The van der Waals surface area contributed by atoms with Crippen LogP contribution in [0.15, 0.2) is 71.6 Å². The minimum Gasteiger partial charge on any atom is -0.322 e. The number of amides is 1. The first-order valence-corrected chi connectivity index (χ1v) is 10.4. The lowest BCUT2D eigenvalue weighted by molar-refractivity contribution is 0.102. The van der Waals surface area contributed by atoms with E-state index in [0.717, 1.165) is 11.1 Å². The van der Waals surface area contributed by atoms with Crippen LogP contribution in [0.4, 0.5) is 11.4 Å². The fourth-order valence-corrected chi connectivity index (χ4v) is 3.89. The van der Waals surface area contributed by atoms with Crippen molar-refractivity contribution in [3.8, 4) is 0 Å². The van der Waals surface area contributed by atoms with Gasteiger partial charge < -0.3 is 5.32 Å². The van der Waals surface area contributed by atoms with Gasteiger partial charge in [-0.2, -0.15) is 0 Å². The van der Waals surface area contributed by atoms with Crippen LogP contribution in [0.2, 0.25) is 5.02 Å². The van der Waals surface area contributed by atoms with Gasteiger partial charge in [0.2, 0.25) is 0 Å². The third kappa shape index (κ3) is 4.71. The monoisotopic (exact) mass is 414 g/mol. The molecule has 2 N–H and O–H groups in total. The summed E-state index contributed by atoms with van der Waals surface area (Å²) in [5.41, 5.74) is 3.08. The Balaban J connectivity index is 1.79. The van der Waals surface area contributed by atoms with E-state index in [2.05, 4.69) is 10.0 Å². The van der Waals surface area contributed by atoms with Crippen LogP contribution in [0.3, 0.4) is 0 Å². The molecule has 0 aromatic heterocycles. The first-order valence-electron chi connectivity index (χ1n) is 8.52. The summed E-state index contributed by atoms with van der Waals surface area (Å²) in [4.78, 5) is 12.7. The van der Waals surface area contributed by atoms with Crippen molar-refractivity contribution < 1.29 is 13.2 Å². The molecule has 0 radical (unpaired) electrons. The summed E-state index contributed by atoms with van der Waals surface area (Å²) in [5, 5.41) is 3.39. The molecule has 7 heteroatoms. The molecule has 28 heavy (non-hydrogen) atoms. The van der Waals surface area contributed by atoms with Gasteiger partial charge in [-0.1, -0.05) is 35.4 Å². The molecular weight excluding hydrogens is 396 g/mol. The topological polar surface area (TPSA) is 75.3 Å². The number of sulfonamides is 1. The molecule has 1 amide bonds. The molecule has 3 rings (SSSR count).